The van der Waals surface area contributed by atoms with E-state index in [1.54, 1.807) is 6.92 Å². The summed E-state index contributed by atoms with van der Waals surface area (Å²) in [6.07, 6.45) is -4.94. The molecule has 1 aliphatic rings. The van der Waals surface area contributed by atoms with Gasteiger partial charge in [0.15, 0.2) is 0 Å². The van der Waals surface area contributed by atoms with Gasteiger partial charge in [-0.25, -0.2) is 0 Å². The average molecular weight is 178 g/mol. The van der Waals surface area contributed by atoms with Gasteiger partial charge < -0.3 is 25.2 Å². The van der Waals surface area contributed by atoms with E-state index >= 15 is 0 Å². The second-order valence-electron chi connectivity index (χ2n) is 3.03. The number of aliphatic hydroxyl groups is 4. The maximum atomic E-state index is 9.23. The molecule has 4 N–H and O–H groups in total. The SMILES string of the molecule is C[C@H]1O[C@H](CO)[C@@H](O)[C@H](O)[C@H]1O. The highest BCUT2D eigenvalue weighted by Crippen LogP contribution is 2.20. The second kappa shape index (κ2) is 3.68. The van der Waals surface area contributed by atoms with Crippen LogP contribution in [0.5, 0.6) is 0 Å². The molecule has 1 fully saturated rings. The van der Waals surface area contributed by atoms with Crippen LogP contribution in [-0.4, -0.2) is 57.6 Å². The highest BCUT2D eigenvalue weighted by molar-refractivity contribution is 4.89. The van der Waals surface area contributed by atoms with E-state index in [1.807, 2.05) is 0 Å². The van der Waals surface area contributed by atoms with Gasteiger partial charge in [-0.3, -0.25) is 0 Å². The molecule has 0 bridgehead atoms. The molecule has 12 heavy (non-hydrogen) atoms. The van der Waals surface area contributed by atoms with Gasteiger partial charge >= 0.3 is 0 Å². The molecule has 0 aliphatic carbocycles. The molecule has 1 aliphatic heterocycles. The Labute approximate surface area is 70.2 Å². The largest absolute Gasteiger partial charge is 0.394 e. The lowest BCUT2D eigenvalue weighted by Gasteiger charge is -2.38. The molecule has 0 unspecified atom stereocenters. The van der Waals surface area contributed by atoms with Crippen molar-refractivity contribution in [1.29, 1.82) is 0 Å². The molecule has 5 atom stereocenters. The summed E-state index contributed by atoms with van der Waals surface area (Å²) in [7, 11) is 0. The quantitative estimate of drug-likeness (QED) is 0.367. The van der Waals surface area contributed by atoms with Crippen LogP contribution in [0.4, 0.5) is 0 Å². The average Bonchev–Trinajstić information content (AvgIpc) is 2.08. The van der Waals surface area contributed by atoms with E-state index in [1.165, 1.54) is 0 Å². The Balaban J connectivity index is 2.63. The highest BCUT2D eigenvalue weighted by atomic mass is 16.5. The maximum absolute atomic E-state index is 9.23. The lowest BCUT2D eigenvalue weighted by Crippen LogP contribution is -2.57. The molecule has 0 spiro atoms. The van der Waals surface area contributed by atoms with Gasteiger partial charge in [0.25, 0.3) is 0 Å². The number of aliphatic hydroxyl groups excluding tert-OH is 4. The van der Waals surface area contributed by atoms with E-state index in [0.717, 1.165) is 0 Å². The van der Waals surface area contributed by atoms with Crippen molar-refractivity contribution in [2.24, 2.45) is 0 Å². The monoisotopic (exact) mass is 178 g/mol. The van der Waals surface area contributed by atoms with E-state index < -0.39 is 30.5 Å². The summed E-state index contributed by atoms with van der Waals surface area (Å²) in [6.45, 7) is 1.21. The molecule has 1 saturated heterocycles. The normalized spacial score (nSPS) is 49.2. The molecule has 0 aromatic rings. The molecule has 0 amide bonds. The van der Waals surface area contributed by atoms with Crippen molar-refractivity contribution in [3.8, 4) is 0 Å². The number of hydrogen-bond acceptors (Lipinski definition) is 5. The molecular formula is C7H14O5. The fourth-order valence-corrected chi connectivity index (χ4v) is 1.29. The summed E-state index contributed by atoms with van der Waals surface area (Å²) in [5, 5.41) is 36.4. The highest BCUT2D eigenvalue weighted by Gasteiger charge is 2.41. The van der Waals surface area contributed by atoms with E-state index in [0.29, 0.717) is 0 Å². The maximum Gasteiger partial charge on any atom is 0.111 e. The Morgan fingerprint density at radius 1 is 1.08 bits per heavy atom. The fourth-order valence-electron chi connectivity index (χ4n) is 1.29. The predicted molar refractivity (Wildman–Crippen MR) is 39.4 cm³/mol. The number of ether oxygens (including phenoxy) is 1. The Kier molecular flexibility index (Phi) is 3.03. The molecule has 1 heterocycles. The lowest BCUT2D eigenvalue weighted by molar-refractivity contribution is -0.224. The van der Waals surface area contributed by atoms with Gasteiger partial charge in [0.2, 0.25) is 0 Å². The van der Waals surface area contributed by atoms with E-state index in [4.69, 9.17) is 9.84 Å². The minimum atomic E-state index is -1.24. The van der Waals surface area contributed by atoms with Crippen molar-refractivity contribution < 1.29 is 25.2 Å². The van der Waals surface area contributed by atoms with Gasteiger partial charge in [-0.15, -0.1) is 0 Å². The molecule has 5 nitrogen and oxygen atoms in total. The first-order valence-corrected chi connectivity index (χ1v) is 3.88. The van der Waals surface area contributed by atoms with Crippen LogP contribution in [-0.2, 0) is 4.74 Å². The van der Waals surface area contributed by atoms with Crippen molar-refractivity contribution in [3.05, 3.63) is 0 Å². The third-order valence-electron chi connectivity index (χ3n) is 2.13. The van der Waals surface area contributed by atoms with Crippen LogP contribution >= 0.6 is 0 Å². The molecule has 0 aromatic heterocycles. The first-order chi connectivity index (χ1) is 5.57. The Hall–Kier alpha value is -0.200. The number of hydrogen-bond donors (Lipinski definition) is 4. The van der Waals surface area contributed by atoms with E-state index in [-0.39, 0.29) is 6.61 Å². The summed E-state index contributed by atoms with van der Waals surface area (Å²) < 4.78 is 5.02. The zero-order valence-corrected chi connectivity index (χ0v) is 6.79. The molecule has 5 heteroatoms. The van der Waals surface area contributed by atoms with Crippen molar-refractivity contribution in [3.63, 3.8) is 0 Å². The van der Waals surface area contributed by atoms with Gasteiger partial charge in [-0.2, -0.15) is 0 Å². The zero-order valence-electron chi connectivity index (χ0n) is 6.79. The lowest BCUT2D eigenvalue weighted by atomic mass is 9.96. The second-order valence-corrected chi connectivity index (χ2v) is 3.03. The van der Waals surface area contributed by atoms with E-state index in [9.17, 15) is 15.3 Å². The third-order valence-corrected chi connectivity index (χ3v) is 2.13. The molecule has 72 valence electrons. The standard InChI is InChI=1S/C7H14O5/c1-3-5(9)7(11)6(10)4(2-8)12-3/h3-11H,2H2,1H3/t3-,4-,5+,6-,7-/m1/s1. The van der Waals surface area contributed by atoms with Crippen LogP contribution in [0.25, 0.3) is 0 Å². The van der Waals surface area contributed by atoms with Gasteiger partial charge in [-0.05, 0) is 6.92 Å². The molecule has 0 saturated carbocycles. The zero-order chi connectivity index (χ0) is 9.30. The van der Waals surface area contributed by atoms with Crippen LogP contribution in [0.2, 0.25) is 0 Å². The minimum Gasteiger partial charge on any atom is -0.394 e. The summed E-state index contributed by atoms with van der Waals surface area (Å²) >= 11 is 0. The third kappa shape index (κ3) is 1.60. The van der Waals surface area contributed by atoms with E-state index in [2.05, 4.69) is 0 Å². The van der Waals surface area contributed by atoms with Gasteiger partial charge in [0, 0.05) is 0 Å². The molecule has 1 rings (SSSR count). The van der Waals surface area contributed by atoms with Crippen LogP contribution in [0.15, 0.2) is 0 Å². The Morgan fingerprint density at radius 2 is 1.67 bits per heavy atom. The van der Waals surface area contributed by atoms with Crippen LogP contribution < -0.4 is 0 Å². The summed E-state index contributed by atoms with van der Waals surface area (Å²) in [4.78, 5) is 0. The summed E-state index contributed by atoms with van der Waals surface area (Å²) in [5.74, 6) is 0. The number of rotatable bonds is 1. The topological polar surface area (TPSA) is 90.2 Å². The summed E-state index contributed by atoms with van der Waals surface area (Å²) in [5.41, 5.74) is 0. The van der Waals surface area contributed by atoms with Crippen molar-refractivity contribution >= 4 is 0 Å². The van der Waals surface area contributed by atoms with Gasteiger partial charge in [0.05, 0.1) is 12.7 Å². The van der Waals surface area contributed by atoms with Crippen LogP contribution in [0.3, 0.4) is 0 Å². The van der Waals surface area contributed by atoms with Gasteiger partial charge in [0.1, 0.15) is 24.4 Å². The van der Waals surface area contributed by atoms with Crippen molar-refractivity contribution in [1.82, 2.24) is 0 Å². The van der Waals surface area contributed by atoms with Crippen LogP contribution in [0, 0.1) is 0 Å². The predicted octanol–water partition coefficient (Wildman–Crippen LogP) is -2.15. The molecular weight excluding hydrogens is 164 g/mol. The van der Waals surface area contributed by atoms with Crippen LogP contribution in [0.1, 0.15) is 6.92 Å². The summed E-state index contributed by atoms with van der Waals surface area (Å²) in [6, 6.07) is 0. The first-order valence-electron chi connectivity index (χ1n) is 3.88. The Bertz CT molecular complexity index is 146. The van der Waals surface area contributed by atoms with Crippen molar-refractivity contribution in [2.45, 2.75) is 37.4 Å². The first kappa shape index (κ1) is 9.88. The molecule has 0 radical (unpaired) electrons. The van der Waals surface area contributed by atoms with Crippen molar-refractivity contribution in [2.75, 3.05) is 6.61 Å². The van der Waals surface area contributed by atoms with Gasteiger partial charge in [-0.1, -0.05) is 0 Å². The fraction of sp³-hybridized carbons (Fsp3) is 1.00. The Morgan fingerprint density at radius 3 is 2.17 bits per heavy atom. The minimum absolute atomic E-state index is 0.366. The smallest absolute Gasteiger partial charge is 0.111 e. The molecule has 0 aromatic carbocycles.